The summed E-state index contributed by atoms with van der Waals surface area (Å²) in [6, 6.07) is 0.0870. The Hall–Kier alpha value is -0.570. The lowest BCUT2D eigenvalue weighted by molar-refractivity contribution is -0.151. The minimum atomic E-state index is -0.0770. The molecule has 3 heteroatoms. The molecule has 1 aliphatic rings. The first kappa shape index (κ1) is 12.5. The van der Waals surface area contributed by atoms with Gasteiger partial charge in [0.15, 0.2) is 0 Å². The maximum absolute atomic E-state index is 11.4. The van der Waals surface area contributed by atoms with Gasteiger partial charge in [0.2, 0.25) is 0 Å². The molecule has 0 spiro atoms. The van der Waals surface area contributed by atoms with Gasteiger partial charge in [-0.25, -0.2) is 0 Å². The summed E-state index contributed by atoms with van der Waals surface area (Å²) in [6.45, 7) is 4.17. The molecule has 0 amide bonds. The van der Waals surface area contributed by atoms with E-state index in [4.69, 9.17) is 10.5 Å². The van der Waals surface area contributed by atoms with Crippen molar-refractivity contribution in [2.24, 2.45) is 11.7 Å². The lowest BCUT2D eigenvalue weighted by Crippen LogP contribution is -2.24. The molecule has 3 nitrogen and oxygen atoms in total. The summed E-state index contributed by atoms with van der Waals surface area (Å²) >= 11 is 0. The third-order valence-corrected chi connectivity index (χ3v) is 3.06. The summed E-state index contributed by atoms with van der Waals surface area (Å²) in [6.07, 6.45) is 5.79. The molecule has 88 valence electrons. The van der Waals surface area contributed by atoms with Gasteiger partial charge in [0.05, 0.1) is 0 Å². The Morgan fingerprint density at radius 3 is 2.53 bits per heavy atom. The number of rotatable bonds is 4. The van der Waals surface area contributed by atoms with Crippen LogP contribution in [0, 0.1) is 5.92 Å². The third kappa shape index (κ3) is 5.17. The molecule has 1 rings (SSSR count). The van der Waals surface area contributed by atoms with Crippen molar-refractivity contribution in [3.8, 4) is 0 Å². The summed E-state index contributed by atoms with van der Waals surface area (Å²) < 4.78 is 5.40. The summed E-state index contributed by atoms with van der Waals surface area (Å²) in [4.78, 5) is 11.4. The van der Waals surface area contributed by atoms with Crippen LogP contribution in [0.5, 0.6) is 0 Å². The fourth-order valence-corrected chi connectivity index (χ4v) is 1.94. The van der Waals surface area contributed by atoms with E-state index < -0.39 is 0 Å². The van der Waals surface area contributed by atoms with Gasteiger partial charge in [0.25, 0.3) is 0 Å². The van der Waals surface area contributed by atoms with Crippen LogP contribution in [0.3, 0.4) is 0 Å². The van der Waals surface area contributed by atoms with E-state index in [1.807, 2.05) is 6.92 Å². The fraction of sp³-hybridized carbons (Fsp3) is 0.917. The topological polar surface area (TPSA) is 52.3 Å². The molecule has 1 atom stereocenters. The van der Waals surface area contributed by atoms with Crippen LogP contribution >= 0.6 is 0 Å². The Morgan fingerprint density at radius 1 is 1.40 bits per heavy atom. The third-order valence-electron chi connectivity index (χ3n) is 3.06. The molecule has 0 radical (unpaired) electrons. The van der Waals surface area contributed by atoms with Crippen molar-refractivity contribution in [3.05, 3.63) is 0 Å². The molecular weight excluding hydrogens is 190 g/mol. The van der Waals surface area contributed by atoms with Gasteiger partial charge in [-0.3, -0.25) is 4.79 Å². The number of esters is 1. The molecule has 1 saturated carbocycles. The Bertz CT molecular complexity index is 196. The molecule has 1 aliphatic carbocycles. The highest BCUT2D eigenvalue weighted by molar-refractivity contribution is 5.69. The number of hydrogen-bond acceptors (Lipinski definition) is 3. The van der Waals surface area contributed by atoms with Crippen LogP contribution in [0.15, 0.2) is 0 Å². The number of carbonyl (C=O) groups excluding carboxylic acids is 1. The van der Waals surface area contributed by atoms with E-state index in [9.17, 15) is 4.79 Å². The van der Waals surface area contributed by atoms with E-state index in [-0.39, 0.29) is 18.1 Å². The molecule has 2 N–H and O–H groups in total. The van der Waals surface area contributed by atoms with Crippen LogP contribution in [0.1, 0.15) is 52.4 Å². The Kier molecular flexibility index (Phi) is 5.09. The number of nitrogens with two attached hydrogens (primary N) is 1. The van der Waals surface area contributed by atoms with Gasteiger partial charge < -0.3 is 10.5 Å². The van der Waals surface area contributed by atoms with Crippen LogP contribution in [0.25, 0.3) is 0 Å². The van der Waals surface area contributed by atoms with Crippen molar-refractivity contribution in [2.45, 2.75) is 64.5 Å². The molecule has 1 unspecified atom stereocenters. The van der Waals surface area contributed by atoms with E-state index >= 15 is 0 Å². The summed E-state index contributed by atoms with van der Waals surface area (Å²) in [5.41, 5.74) is 5.58. The van der Waals surface area contributed by atoms with E-state index in [0.717, 1.165) is 25.2 Å². The van der Waals surface area contributed by atoms with E-state index in [1.54, 1.807) is 0 Å². The standard InChI is InChI=1S/C12H23NO2/c1-9-3-6-11(7-4-9)15-12(14)8-5-10(2)13/h9-11H,3-8,13H2,1-2H3. The zero-order valence-electron chi connectivity index (χ0n) is 9.87. The highest BCUT2D eigenvalue weighted by Gasteiger charge is 2.21. The van der Waals surface area contributed by atoms with Gasteiger partial charge in [-0.2, -0.15) is 0 Å². The maximum atomic E-state index is 11.4. The second kappa shape index (κ2) is 6.11. The fourth-order valence-electron chi connectivity index (χ4n) is 1.94. The number of ether oxygens (including phenoxy) is 1. The van der Waals surface area contributed by atoms with Crippen molar-refractivity contribution in [3.63, 3.8) is 0 Å². The monoisotopic (exact) mass is 213 g/mol. The van der Waals surface area contributed by atoms with Crippen molar-refractivity contribution in [1.29, 1.82) is 0 Å². The first-order valence-electron chi connectivity index (χ1n) is 6.03. The Morgan fingerprint density at radius 2 is 2.00 bits per heavy atom. The van der Waals surface area contributed by atoms with Crippen molar-refractivity contribution in [2.75, 3.05) is 0 Å². The van der Waals surface area contributed by atoms with Crippen molar-refractivity contribution in [1.82, 2.24) is 0 Å². The van der Waals surface area contributed by atoms with Gasteiger partial charge in [0.1, 0.15) is 6.10 Å². The predicted octanol–water partition coefficient (Wildman–Crippen LogP) is 2.24. The van der Waals surface area contributed by atoms with Crippen molar-refractivity contribution >= 4 is 5.97 Å². The minimum absolute atomic E-state index is 0.0770. The molecular formula is C12H23NO2. The summed E-state index contributed by atoms with van der Waals surface area (Å²) in [5, 5.41) is 0. The normalized spacial score (nSPS) is 28.5. The maximum Gasteiger partial charge on any atom is 0.306 e. The quantitative estimate of drug-likeness (QED) is 0.729. The highest BCUT2D eigenvalue weighted by Crippen LogP contribution is 2.25. The van der Waals surface area contributed by atoms with Crippen LogP contribution < -0.4 is 5.73 Å². The van der Waals surface area contributed by atoms with Gasteiger partial charge in [0, 0.05) is 12.5 Å². The van der Waals surface area contributed by atoms with Gasteiger partial charge in [-0.15, -0.1) is 0 Å². The van der Waals surface area contributed by atoms with E-state index in [0.29, 0.717) is 6.42 Å². The van der Waals surface area contributed by atoms with Gasteiger partial charge in [-0.05, 0) is 44.9 Å². The van der Waals surface area contributed by atoms with Crippen LogP contribution in [-0.2, 0) is 9.53 Å². The molecule has 0 aromatic rings. The van der Waals surface area contributed by atoms with Crippen LogP contribution in [0.2, 0.25) is 0 Å². The van der Waals surface area contributed by atoms with E-state index in [1.165, 1.54) is 12.8 Å². The SMILES string of the molecule is CC(N)CCC(=O)OC1CCC(C)CC1. The second-order valence-electron chi connectivity index (χ2n) is 4.89. The first-order chi connectivity index (χ1) is 7.08. The summed E-state index contributed by atoms with van der Waals surface area (Å²) in [5.74, 6) is 0.718. The Labute approximate surface area is 92.4 Å². The molecule has 0 saturated heterocycles. The van der Waals surface area contributed by atoms with Crippen LogP contribution in [-0.4, -0.2) is 18.1 Å². The smallest absolute Gasteiger partial charge is 0.306 e. The number of carbonyl (C=O) groups is 1. The van der Waals surface area contributed by atoms with Crippen LogP contribution in [0.4, 0.5) is 0 Å². The zero-order chi connectivity index (χ0) is 11.3. The molecule has 0 heterocycles. The highest BCUT2D eigenvalue weighted by atomic mass is 16.5. The molecule has 0 bridgehead atoms. The minimum Gasteiger partial charge on any atom is -0.462 e. The number of hydrogen-bond donors (Lipinski definition) is 1. The van der Waals surface area contributed by atoms with Gasteiger partial charge in [-0.1, -0.05) is 6.92 Å². The first-order valence-corrected chi connectivity index (χ1v) is 6.03. The lowest BCUT2D eigenvalue weighted by Gasteiger charge is -2.26. The average molecular weight is 213 g/mol. The predicted molar refractivity (Wildman–Crippen MR) is 60.4 cm³/mol. The lowest BCUT2D eigenvalue weighted by atomic mass is 9.89. The van der Waals surface area contributed by atoms with E-state index in [2.05, 4.69) is 6.92 Å². The molecule has 0 aromatic heterocycles. The molecule has 15 heavy (non-hydrogen) atoms. The zero-order valence-corrected chi connectivity index (χ0v) is 9.87. The summed E-state index contributed by atoms with van der Waals surface area (Å²) in [7, 11) is 0. The molecule has 0 aliphatic heterocycles. The molecule has 1 fully saturated rings. The Balaban J connectivity index is 2.15. The largest absolute Gasteiger partial charge is 0.462 e. The van der Waals surface area contributed by atoms with Crippen molar-refractivity contribution < 1.29 is 9.53 Å². The average Bonchev–Trinajstić information content (AvgIpc) is 2.19. The van der Waals surface area contributed by atoms with Gasteiger partial charge >= 0.3 is 5.97 Å². The second-order valence-corrected chi connectivity index (χ2v) is 4.89. The molecule has 0 aromatic carbocycles.